The van der Waals surface area contributed by atoms with Gasteiger partial charge >= 0.3 is 0 Å². The van der Waals surface area contributed by atoms with E-state index in [1.54, 1.807) is 13.8 Å². The van der Waals surface area contributed by atoms with Gasteiger partial charge in [-0.15, -0.1) is 0 Å². The third kappa shape index (κ3) is 4.53. The van der Waals surface area contributed by atoms with E-state index in [2.05, 4.69) is 10.6 Å². The third-order valence-corrected chi connectivity index (χ3v) is 5.28. The van der Waals surface area contributed by atoms with Gasteiger partial charge in [-0.25, -0.2) is 8.42 Å². The minimum Gasteiger partial charge on any atom is -0.354 e. The standard InChI is InChI=1S/C15H22N4O4S/c1-15(2,16)10-18-14(21)11-4-3-5-12(8-11)24(22,23)19-7-6-17-13(20)9-19/h3-5,8H,6-7,9-10,16H2,1-2H3,(H,17,20)(H,18,21). The monoisotopic (exact) mass is 354 g/mol. The van der Waals surface area contributed by atoms with Crippen LogP contribution in [0.4, 0.5) is 0 Å². The Kier molecular flexibility index (Phi) is 5.26. The SMILES string of the molecule is CC(C)(N)CNC(=O)c1cccc(S(=O)(=O)N2CCNC(=O)C2)c1. The van der Waals surface area contributed by atoms with Crippen LogP contribution in [0.2, 0.25) is 0 Å². The van der Waals surface area contributed by atoms with Crippen LogP contribution in [-0.2, 0) is 14.8 Å². The average Bonchev–Trinajstić information content (AvgIpc) is 2.52. The first-order valence-corrected chi connectivity index (χ1v) is 8.98. The number of nitrogens with one attached hydrogen (secondary N) is 2. The summed E-state index contributed by atoms with van der Waals surface area (Å²) in [5.74, 6) is -0.745. The summed E-state index contributed by atoms with van der Waals surface area (Å²) < 4.78 is 26.3. The van der Waals surface area contributed by atoms with Gasteiger partial charge in [0.15, 0.2) is 0 Å². The van der Waals surface area contributed by atoms with Crippen molar-refractivity contribution in [1.29, 1.82) is 0 Å². The lowest BCUT2D eigenvalue weighted by atomic mass is 10.1. The van der Waals surface area contributed by atoms with Crippen LogP contribution in [0.5, 0.6) is 0 Å². The fourth-order valence-electron chi connectivity index (χ4n) is 2.18. The van der Waals surface area contributed by atoms with E-state index in [4.69, 9.17) is 5.73 Å². The molecule has 0 saturated carbocycles. The van der Waals surface area contributed by atoms with Gasteiger partial charge in [0.05, 0.1) is 11.4 Å². The Morgan fingerprint density at radius 3 is 2.75 bits per heavy atom. The van der Waals surface area contributed by atoms with Crippen molar-refractivity contribution < 1.29 is 18.0 Å². The number of carbonyl (C=O) groups excluding carboxylic acids is 2. The summed E-state index contributed by atoms with van der Waals surface area (Å²) in [6.07, 6.45) is 0. The molecule has 8 nitrogen and oxygen atoms in total. The number of sulfonamides is 1. The Bertz CT molecular complexity index is 740. The molecule has 1 aliphatic heterocycles. The Balaban J connectivity index is 2.20. The minimum absolute atomic E-state index is 0.0168. The third-order valence-electron chi connectivity index (χ3n) is 3.44. The number of benzene rings is 1. The molecule has 2 amide bonds. The molecule has 0 aliphatic carbocycles. The molecule has 1 aliphatic rings. The van der Waals surface area contributed by atoms with Gasteiger partial charge in [0, 0.05) is 30.7 Å². The molecule has 1 aromatic carbocycles. The number of hydrogen-bond donors (Lipinski definition) is 3. The van der Waals surface area contributed by atoms with Crippen LogP contribution >= 0.6 is 0 Å². The maximum absolute atomic E-state index is 12.6. The first kappa shape index (κ1) is 18.4. The zero-order chi connectivity index (χ0) is 18.0. The highest BCUT2D eigenvalue weighted by Gasteiger charge is 2.29. The molecule has 0 aromatic heterocycles. The van der Waals surface area contributed by atoms with Gasteiger partial charge in [0.25, 0.3) is 5.91 Å². The fourth-order valence-corrected chi connectivity index (χ4v) is 3.62. The number of amides is 2. The molecule has 24 heavy (non-hydrogen) atoms. The summed E-state index contributed by atoms with van der Waals surface area (Å²) in [4.78, 5) is 23.6. The number of rotatable bonds is 5. The van der Waals surface area contributed by atoms with Crippen LogP contribution in [0.15, 0.2) is 29.2 Å². The lowest BCUT2D eigenvalue weighted by Crippen LogP contribution is -2.49. The molecule has 1 aromatic rings. The highest BCUT2D eigenvalue weighted by molar-refractivity contribution is 7.89. The summed E-state index contributed by atoms with van der Waals surface area (Å²) in [5.41, 5.74) is 5.47. The van der Waals surface area contributed by atoms with Gasteiger partial charge in [-0.3, -0.25) is 9.59 Å². The summed E-state index contributed by atoms with van der Waals surface area (Å²) in [6.45, 7) is 4.05. The number of hydrogen-bond acceptors (Lipinski definition) is 5. The van der Waals surface area contributed by atoms with Gasteiger partial charge in [0.2, 0.25) is 15.9 Å². The largest absolute Gasteiger partial charge is 0.354 e. The van der Waals surface area contributed by atoms with E-state index >= 15 is 0 Å². The predicted molar refractivity (Wildman–Crippen MR) is 88.8 cm³/mol. The number of nitrogens with zero attached hydrogens (tertiary/aromatic N) is 1. The molecule has 1 fully saturated rings. The van der Waals surface area contributed by atoms with E-state index < -0.39 is 21.5 Å². The first-order chi connectivity index (χ1) is 11.1. The van der Waals surface area contributed by atoms with E-state index in [0.29, 0.717) is 0 Å². The molecule has 2 rings (SSSR count). The van der Waals surface area contributed by atoms with Crippen molar-refractivity contribution in [2.75, 3.05) is 26.2 Å². The molecule has 1 heterocycles. The Labute approximate surface area is 141 Å². The van der Waals surface area contributed by atoms with Crippen molar-refractivity contribution in [3.63, 3.8) is 0 Å². The zero-order valence-corrected chi connectivity index (χ0v) is 14.5. The zero-order valence-electron chi connectivity index (χ0n) is 13.7. The van der Waals surface area contributed by atoms with Crippen LogP contribution in [0.25, 0.3) is 0 Å². The van der Waals surface area contributed by atoms with Crippen molar-refractivity contribution >= 4 is 21.8 Å². The molecule has 1 saturated heterocycles. The fraction of sp³-hybridized carbons (Fsp3) is 0.467. The van der Waals surface area contributed by atoms with Gasteiger partial charge in [-0.05, 0) is 32.0 Å². The lowest BCUT2D eigenvalue weighted by molar-refractivity contribution is -0.122. The summed E-state index contributed by atoms with van der Waals surface area (Å²) in [5, 5.41) is 5.24. The van der Waals surface area contributed by atoms with Crippen molar-refractivity contribution in [1.82, 2.24) is 14.9 Å². The van der Waals surface area contributed by atoms with Crippen molar-refractivity contribution in [2.24, 2.45) is 5.73 Å². The normalized spacial score (nSPS) is 16.5. The van der Waals surface area contributed by atoms with Gasteiger partial charge < -0.3 is 16.4 Å². The maximum Gasteiger partial charge on any atom is 0.251 e. The van der Waals surface area contributed by atoms with Gasteiger partial charge in [-0.1, -0.05) is 6.07 Å². The van der Waals surface area contributed by atoms with E-state index in [0.717, 1.165) is 4.31 Å². The topological polar surface area (TPSA) is 122 Å². The molecular formula is C15H22N4O4S. The Morgan fingerprint density at radius 1 is 1.42 bits per heavy atom. The maximum atomic E-state index is 12.6. The second-order valence-electron chi connectivity index (χ2n) is 6.39. The Hall–Kier alpha value is -1.97. The molecular weight excluding hydrogens is 332 g/mol. The summed E-state index contributed by atoms with van der Waals surface area (Å²) in [6, 6.07) is 5.74. The molecule has 0 spiro atoms. The predicted octanol–water partition coefficient (Wildman–Crippen LogP) is -0.726. The molecule has 0 bridgehead atoms. The summed E-state index contributed by atoms with van der Waals surface area (Å²) in [7, 11) is -3.83. The quantitative estimate of drug-likeness (QED) is 0.644. The molecule has 0 unspecified atom stereocenters. The molecule has 132 valence electrons. The van der Waals surface area contributed by atoms with Crippen LogP contribution in [0, 0.1) is 0 Å². The van der Waals surface area contributed by atoms with Crippen molar-refractivity contribution in [3.05, 3.63) is 29.8 Å². The minimum atomic E-state index is -3.83. The number of piperazine rings is 1. The van der Waals surface area contributed by atoms with Crippen molar-refractivity contribution in [3.8, 4) is 0 Å². The van der Waals surface area contributed by atoms with Crippen LogP contribution < -0.4 is 16.4 Å². The van der Waals surface area contributed by atoms with Crippen molar-refractivity contribution in [2.45, 2.75) is 24.3 Å². The van der Waals surface area contributed by atoms with E-state index in [-0.39, 0.29) is 42.5 Å². The van der Waals surface area contributed by atoms with Gasteiger partial charge in [-0.2, -0.15) is 4.31 Å². The van der Waals surface area contributed by atoms with Crippen LogP contribution in [0.1, 0.15) is 24.2 Å². The van der Waals surface area contributed by atoms with Crippen LogP contribution in [-0.4, -0.2) is 56.3 Å². The number of nitrogens with two attached hydrogens (primary N) is 1. The van der Waals surface area contributed by atoms with E-state index in [1.807, 2.05) is 0 Å². The van der Waals surface area contributed by atoms with Gasteiger partial charge in [0.1, 0.15) is 0 Å². The number of carbonyl (C=O) groups is 2. The molecule has 0 atom stereocenters. The molecule has 4 N–H and O–H groups in total. The van der Waals surface area contributed by atoms with E-state index in [9.17, 15) is 18.0 Å². The van der Waals surface area contributed by atoms with E-state index in [1.165, 1.54) is 24.3 Å². The highest BCUT2D eigenvalue weighted by atomic mass is 32.2. The molecule has 0 radical (unpaired) electrons. The average molecular weight is 354 g/mol. The molecule has 9 heteroatoms. The van der Waals surface area contributed by atoms with Crippen LogP contribution in [0.3, 0.4) is 0 Å². The Morgan fingerprint density at radius 2 is 2.12 bits per heavy atom. The first-order valence-electron chi connectivity index (χ1n) is 7.53. The highest BCUT2D eigenvalue weighted by Crippen LogP contribution is 2.18. The lowest BCUT2D eigenvalue weighted by Gasteiger charge is -2.26. The summed E-state index contributed by atoms with van der Waals surface area (Å²) >= 11 is 0. The second kappa shape index (κ2) is 6.88. The second-order valence-corrected chi connectivity index (χ2v) is 8.33. The smallest absolute Gasteiger partial charge is 0.251 e.